The first-order chi connectivity index (χ1) is 6.59. The Kier molecular flexibility index (Phi) is 5.68. The molecule has 0 aliphatic carbocycles. The Labute approximate surface area is 82.8 Å². The fourth-order valence-electron chi connectivity index (χ4n) is 0.933. The average Bonchev–Trinajstić information content (AvgIpc) is 2.13. The lowest BCUT2D eigenvalue weighted by Gasteiger charge is -1.98. The second-order valence-electron chi connectivity index (χ2n) is 2.61. The molecule has 0 spiro atoms. The summed E-state index contributed by atoms with van der Waals surface area (Å²) in [7, 11) is 0. The van der Waals surface area contributed by atoms with Crippen molar-refractivity contribution >= 4 is 5.78 Å². The molecule has 1 rings (SSSR count). The minimum Gasteiger partial charge on any atom is -0.300 e. The van der Waals surface area contributed by atoms with E-state index in [4.69, 9.17) is 0 Å². The number of carbonyl (C=O) groups is 1. The third-order valence-corrected chi connectivity index (χ3v) is 1.45. The first kappa shape index (κ1) is 12.8. The van der Waals surface area contributed by atoms with Crippen LogP contribution in [0.25, 0.3) is 0 Å². The Morgan fingerprint density at radius 2 is 1.86 bits per heavy atom. The molecule has 1 aromatic rings. The summed E-state index contributed by atoms with van der Waals surface area (Å²) in [6.45, 7) is 5.36. The molecule has 3 heteroatoms. The van der Waals surface area contributed by atoms with Crippen LogP contribution < -0.4 is 0 Å². The molecule has 0 heterocycles. The summed E-state index contributed by atoms with van der Waals surface area (Å²) >= 11 is 0. The molecule has 0 atom stereocenters. The van der Waals surface area contributed by atoms with Gasteiger partial charge >= 0.3 is 0 Å². The highest BCUT2D eigenvalue weighted by Gasteiger charge is 2.05. The number of hydrogen-bond donors (Lipinski definition) is 0. The van der Waals surface area contributed by atoms with E-state index in [1.165, 1.54) is 13.0 Å². The molecule has 0 aromatic heterocycles. The van der Waals surface area contributed by atoms with Gasteiger partial charge in [0.15, 0.2) is 0 Å². The van der Waals surface area contributed by atoms with Gasteiger partial charge in [0.25, 0.3) is 0 Å². The van der Waals surface area contributed by atoms with Crippen molar-refractivity contribution < 1.29 is 13.6 Å². The summed E-state index contributed by atoms with van der Waals surface area (Å²) in [5.74, 6) is -1.43. The maximum atomic E-state index is 12.8. The molecular weight excluding hydrogens is 186 g/mol. The van der Waals surface area contributed by atoms with Crippen molar-refractivity contribution in [1.29, 1.82) is 0 Å². The molecule has 1 nitrogen and oxygen atoms in total. The third kappa shape index (κ3) is 4.12. The number of Topliss-reactive ketones (excluding diaryl/α,β-unsaturated/α-hetero) is 1. The summed E-state index contributed by atoms with van der Waals surface area (Å²) < 4.78 is 25.2. The molecule has 0 amide bonds. The maximum Gasteiger partial charge on any atom is 0.134 e. The van der Waals surface area contributed by atoms with Gasteiger partial charge in [0, 0.05) is 12.5 Å². The summed E-state index contributed by atoms with van der Waals surface area (Å²) in [4.78, 5) is 10.6. The summed E-state index contributed by atoms with van der Waals surface area (Å²) in [6.07, 6.45) is 0.0200. The average molecular weight is 200 g/mol. The predicted molar refractivity (Wildman–Crippen MR) is 52.1 cm³/mol. The van der Waals surface area contributed by atoms with E-state index in [0.717, 1.165) is 12.1 Å². The second kappa shape index (κ2) is 6.24. The van der Waals surface area contributed by atoms with Gasteiger partial charge in [-0.1, -0.05) is 19.9 Å². The minimum absolute atomic E-state index is 0.0200. The van der Waals surface area contributed by atoms with Crippen LogP contribution in [0.2, 0.25) is 0 Å². The SMILES string of the molecule is CC.CC(=O)Cc1ccc(F)cc1F. The van der Waals surface area contributed by atoms with Crippen LogP contribution in [0.1, 0.15) is 26.3 Å². The van der Waals surface area contributed by atoms with Crippen LogP contribution in [0.15, 0.2) is 18.2 Å². The molecule has 0 aliphatic heterocycles. The van der Waals surface area contributed by atoms with E-state index in [1.807, 2.05) is 13.8 Å². The van der Waals surface area contributed by atoms with E-state index in [-0.39, 0.29) is 17.8 Å². The van der Waals surface area contributed by atoms with E-state index in [1.54, 1.807) is 0 Å². The normalized spacial score (nSPS) is 8.93. The number of carbonyl (C=O) groups excluding carboxylic acids is 1. The molecule has 0 saturated carbocycles. The van der Waals surface area contributed by atoms with E-state index in [0.29, 0.717) is 0 Å². The smallest absolute Gasteiger partial charge is 0.134 e. The molecular formula is C11H14F2O. The van der Waals surface area contributed by atoms with Crippen molar-refractivity contribution in [2.24, 2.45) is 0 Å². The highest BCUT2D eigenvalue weighted by molar-refractivity contribution is 5.78. The highest BCUT2D eigenvalue weighted by Crippen LogP contribution is 2.09. The van der Waals surface area contributed by atoms with E-state index in [9.17, 15) is 13.6 Å². The van der Waals surface area contributed by atoms with Crippen LogP contribution in [0.5, 0.6) is 0 Å². The molecule has 14 heavy (non-hydrogen) atoms. The lowest BCUT2D eigenvalue weighted by Crippen LogP contribution is -1.99. The molecule has 1 aromatic carbocycles. The van der Waals surface area contributed by atoms with Crippen LogP contribution in [0.4, 0.5) is 8.78 Å². The molecule has 0 aliphatic rings. The number of ketones is 1. The number of rotatable bonds is 2. The molecule has 0 fully saturated rings. The maximum absolute atomic E-state index is 12.8. The van der Waals surface area contributed by atoms with Crippen molar-refractivity contribution in [1.82, 2.24) is 0 Å². The standard InChI is InChI=1S/C9H8F2O.C2H6/c1-6(12)4-7-2-3-8(10)5-9(7)11;1-2/h2-3,5H,4H2,1H3;1-2H3. The molecule has 0 N–H and O–H groups in total. The lowest BCUT2D eigenvalue weighted by molar-refractivity contribution is -0.116. The van der Waals surface area contributed by atoms with Crippen LogP contribution >= 0.6 is 0 Å². The summed E-state index contributed by atoms with van der Waals surface area (Å²) in [5.41, 5.74) is 0.240. The summed E-state index contributed by atoms with van der Waals surface area (Å²) in [6, 6.07) is 3.20. The topological polar surface area (TPSA) is 17.1 Å². The largest absolute Gasteiger partial charge is 0.300 e. The van der Waals surface area contributed by atoms with Gasteiger partial charge in [-0.3, -0.25) is 4.79 Å². The van der Waals surface area contributed by atoms with Crippen LogP contribution in [-0.2, 0) is 11.2 Å². The zero-order chi connectivity index (χ0) is 11.1. The minimum atomic E-state index is -0.662. The van der Waals surface area contributed by atoms with Gasteiger partial charge in [-0.25, -0.2) is 8.78 Å². The fraction of sp³-hybridized carbons (Fsp3) is 0.364. The number of halogens is 2. The van der Waals surface area contributed by atoms with Crippen LogP contribution in [0, 0.1) is 11.6 Å². The zero-order valence-corrected chi connectivity index (χ0v) is 8.60. The highest BCUT2D eigenvalue weighted by atomic mass is 19.1. The van der Waals surface area contributed by atoms with E-state index >= 15 is 0 Å². The van der Waals surface area contributed by atoms with E-state index in [2.05, 4.69) is 0 Å². The van der Waals surface area contributed by atoms with Crippen molar-refractivity contribution in [3.63, 3.8) is 0 Å². The van der Waals surface area contributed by atoms with Gasteiger partial charge in [0.05, 0.1) is 0 Å². The zero-order valence-electron chi connectivity index (χ0n) is 8.60. The quantitative estimate of drug-likeness (QED) is 0.716. The van der Waals surface area contributed by atoms with Gasteiger partial charge < -0.3 is 0 Å². The van der Waals surface area contributed by atoms with Gasteiger partial charge in [-0.05, 0) is 18.6 Å². The first-order valence-electron chi connectivity index (χ1n) is 4.53. The molecule has 78 valence electrons. The monoisotopic (exact) mass is 200 g/mol. The molecule has 0 saturated heterocycles. The first-order valence-corrected chi connectivity index (χ1v) is 4.53. The Morgan fingerprint density at radius 1 is 1.29 bits per heavy atom. The Bertz CT molecular complexity index is 308. The van der Waals surface area contributed by atoms with Crippen LogP contribution in [-0.4, -0.2) is 5.78 Å². The number of benzene rings is 1. The van der Waals surface area contributed by atoms with Crippen molar-refractivity contribution in [2.75, 3.05) is 0 Å². The van der Waals surface area contributed by atoms with Crippen molar-refractivity contribution in [3.8, 4) is 0 Å². The third-order valence-electron chi connectivity index (χ3n) is 1.45. The molecule has 0 radical (unpaired) electrons. The Balaban J connectivity index is 0.000000791. The fourth-order valence-corrected chi connectivity index (χ4v) is 0.933. The predicted octanol–water partition coefficient (Wildman–Crippen LogP) is 3.12. The second-order valence-corrected chi connectivity index (χ2v) is 2.61. The van der Waals surface area contributed by atoms with Crippen molar-refractivity contribution in [2.45, 2.75) is 27.2 Å². The molecule has 0 bridgehead atoms. The molecule has 0 unspecified atom stereocenters. The van der Waals surface area contributed by atoms with Crippen molar-refractivity contribution in [3.05, 3.63) is 35.4 Å². The van der Waals surface area contributed by atoms with Gasteiger partial charge in [0.2, 0.25) is 0 Å². The van der Waals surface area contributed by atoms with Crippen LogP contribution in [0.3, 0.4) is 0 Å². The Hall–Kier alpha value is -1.25. The van der Waals surface area contributed by atoms with Gasteiger partial charge in [-0.15, -0.1) is 0 Å². The van der Waals surface area contributed by atoms with Gasteiger partial charge in [-0.2, -0.15) is 0 Å². The number of hydrogen-bond acceptors (Lipinski definition) is 1. The van der Waals surface area contributed by atoms with E-state index < -0.39 is 11.6 Å². The van der Waals surface area contributed by atoms with Gasteiger partial charge in [0.1, 0.15) is 17.4 Å². The lowest BCUT2D eigenvalue weighted by atomic mass is 10.1. The summed E-state index contributed by atoms with van der Waals surface area (Å²) in [5, 5.41) is 0. The Morgan fingerprint density at radius 3 is 2.29 bits per heavy atom.